The number of carbonyl (C=O) groups is 2. The molecule has 0 fully saturated rings. The molecule has 0 spiro atoms. The molecule has 1 amide bonds. The van der Waals surface area contributed by atoms with Gasteiger partial charge in [0.1, 0.15) is 11.9 Å². The molecule has 4 nitrogen and oxygen atoms in total. The fraction of sp³-hybridized carbons (Fsp3) is 0.263. The minimum Gasteiger partial charge on any atom is -0.467 e. The van der Waals surface area contributed by atoms with Gasteiger partial charge in [-0.1, -0.05) is 12.1 Å². The van der Waals surface area contributed by atoms with Crippen LogP contribution in [0.5, 0.6) is 0 Å². The number of hydrogen-bond acceptors (Lipinski definition) is 3. The van der Waals surface area contributed by atoms with Gasteiger partial charge in [-0.25, -0.2) is 9.18 Å². The average molecular weight is 437 g/mol. The van der Waals surface area contributed by atoms with Crippen LogP contribution >= 0.6 is 0 Å². The number of nitrogens with one attached hydrogen (secondary N) is 1. The highest BCUT2D eigenvalue weighted by Gasteiger charge is 2.37. The van der Waals surface area contributed by atoms with Gasteiger partial charge in [0.15, 0.2) is 0 Å². The fourth-order valence-electron chi connectivity index (χ4n) is 2.52. The summed E-state index contributed by atoms with van der Waals surface area (Å²) in [5, 5.41) is 2.06. The molecule has 0 aliphatic carbocycles. The van der Waals surface area contributed by atoms with E-state index in [1.54, 1.807) is 0 Å². The zero-order chi connectivity index (χ0) is 22.7. The van der Waals surface area contributed by atoms with E-state index in [9.17, 15) is 40.3 Å². The zero-order valence-electron chi connectivity index (χ0n) is 15.2. The van der Waals surface area contributed by atoms with E-state index in [0.29, 0.717) is 5.56 Å². The Morgan fingerprint density at radius 1 is 0.933 bits per heavy atom. The summed E-state index contributed by atoms with van der Waals surface area (Å²) in [5.74, 6) is -2.90. The maximum atomic E-state index is 13.0. The first-order valence-electron chi connectivity index (χ1n) is 8.24. The average Bonchev–Trinajstić information content (AvgIpc) is 2.66. The highest BCUT2D eigenvalue weighted by Crippen LogP contribution is 2.36. The molecule has 1 atom stereocenters. The minimum absolute atomic E-state index is 0.118. The summed E-state index contributed by atoms with van der Waals surface area (Å²) < 4.78 is 95.3. The van der Waals surface area contributed by atoms with E-state index in [1.807, 2.05) is 0 Å². The molecule has 0 bridgehead atoms. The lowest BCUT2D eigenvalue weighted by molar-refractivity contribution is -0.144. The molecular formula is C19H14F7NO3. The number of amides is 1. The van der Waals surface area contributed by atoms with Crippen LogP contribution in [0.4, 0.5) is 30.7 Å². The Hall–Kier alpha value is -3.11. The predicted molar refractivity (Wildman–Crippen MR) is 89.8 cm³/mol. The van der Waals surface area contributed by atoms with Gasteiger partial charge in [-0.05, 0) is 35.9 Å². The molecule has 0 saturated carbocycles. The van der Waals surface area contributed by atoms with E-state index in [1.165, 1.54) is 12.1 Å². The Morgan fingerprint density at radius 3 is 1.87 bits per heavy atom. The lowest BCUT2D eigenvalue weighted by Crippen LogP contribution is -2.43. The minimum atomic E-state index is -5.13. The second kappa shape index (κ2) is 8.72. The highest BCUT2D eigenvalue weighted by molar-refractivity contribution is 5.97. The van der Waals surface area contributed by atoms with E-state index in [4.69, 9.17) is 0 Å². The third kappa shape index (κ3) is 5.94. The number of benzene rings is 2. The summed E-state index contributed by atoms with van der Waals surface area (Å²) in [4.78, 5) is 24.3. The van der Waals surface area contributed by atoms with Crippen molar-refractivity contribution in [2.24, 2.45) is 0 Å². The number of alkyl halides is 6. The summed E-state index contributed by atoms with van der Waals surface area (Å²) in [5.41, 5.74) is -3.91. The summed E-state index contributed by atoms with van der Waals surface area (Å²) in [6, 6.07) is 3.69. The lowest BCUT2D eigenvalue weighted by atomic mass is 10.0. The summed E-state index contributed by atoms with van der Waals surface area (Å²) in [7, 11) is 0.984. The smallest absolute Gasteiger partial charge is 0.416 e. The maximum Gasteiger partial charge on any atom is 0.416 e. The van der Waals surface area contributed by atoms with Crippen LogP contribution in [0.1, 0.15) is 27.0 Å². The van der Waals surface area contributed by atoms with Crippen LogP contribution in [-0.2, 0) is 28.3 Å². The number of rotatable bonds is 5. The first kappa shape index (κ1) is 23.2. The van der Waals surface area contributed by atoms with Gasteiger partial charge in [-0.2, -0.15) is 26.3 Å². The van der Waals surface area contributed by atoms with E-state index in [2.05, 4.69) is 10.1 Å². The zero-order valence-corrected chi connectivity index (χ0v) is 15.2. The predicted octanol–water partition coefficient (Wildman–Crippen LogP) is 4.38. The summed E-state index contributed by atoms with van der Waals surface area (Å²) in [6.07, 6.45) is -10.5. The monoisotopic (exact) mass is 437 g/mol. The van der Waals surface area contributed by atoms with Gasteiger partial charge < -0.3 is 10.1 Å². The lowest BCUT2D eigenvalue weighted by Gasteiger charge is -2.18. The van der Waals surface area contributed by atoms with Crippen LogP contribution in [0.3, 0.4) is 0 Å². The second-order valence-electron chi connectivity index (χ2n) is 6.17. The Labute approximate surface area is 165 Å². The number of ether oxygens (including phenoxy) is 1. The highest BCUT2D eigenvalue weighted by atomic mass is 19.4. The normalized spacial score (nSPS) is 12.9. The molecule has 0 saturated heterocycles. The molecule has 30 heavy (non-hydrogen) atoms. The van der Waals surface area contributed by atoms with Gasteiger partial charge in [-0.15, -0.1) is 0 Å². The topological polar surface area (TPSA) is 55.4 Å². The molecule has 0 aromatic heterocycles. The Balaban J connectivity index is 2.36. The number of halogens is 7. The summed E-state index contributed by atoms with van der Waals surface area (Å²) in [6.45, 7) is 0. The van der Waals surface area contributed by atoms with Crippen LogP contribution in [0.25, 0.3) is 0 Å². The molecular weight excluding hydrogens is 423 g/mol. The van der Waals surface area contributed by atoms with E-state index in [0.717, 1.165) is 19.2 Å². The van der Waals surface area contributed by atoms with Gasteiger partial charge in [0.05, 0.1) is 18.2 Å². The quantitative estimate of drug-likeness (QED) is 0.558. The van der Waals surface area contributed by atoms with Gasteiger partial charge in [0, 0.05) is 12.0 Å². The Morgan fingerprint density at radius 2 is 1.43 bits per heavy atom. The molecule has 0 radical (unpaired) electrons. The molecule has 0 heterocycles. The molecule has 2 aromatic carbocycles. The summed E-state index contributed by atoms with van der Waals surface area (Å²) >= 11 is 0. The van der Waals surface area contributed by atoms with Gasteiger partial charge in [-0.3, -0.25) is 4.79 Å². The third-order valence-electron chi connectivity index (χ3n) is 3.99. The first-order valence-corrected chi connectivity index (χ1v) is 8.24. The molecule has 1 N–H and O–H groups in total. The van der Waals surface area contributed by atoms with Crippen LogP contribution in [0.2, 0.25) is 0 Å². The van der Waals surface area contributed by atoms with Crippen molar-refractivity contribution in [3.05, 3.63) is 70.5 Å². The van der Waals surface area contributed by atoms with Crippen LogP contribution in [-0.4, -0.2) is 25.0 Å². The fourth-order valence-corrected chi connectivity index (χ4v) is 2.52. The molecule has 0 aliphatic heterocycles. The van der Waals surface area contributed by atoms with Gasteiger partial charge >= 0.3 is 18.3 Å². The van der Waals surface area contributed by atoms with Crippen molar-refractivity contribution in [3.8, 4) is 0 Å². The van der Waals surface area contributed by atoms with Crippen LogP contribution in [0, 0.1) is 5.82 Å². The van der Waals surface area contributed by atoms with Crippen molar-refractivity contribution in [1.29, 1.82) is 0 Å². The van der Waals surface area contributed by atoms with Crippen molar-refractivity contribution in [1.82, 2.24) is 5.32 Å². The molecule has 0 unspecified atom stereocenters. The van der Waals surface area contributed by atoms with Crippen LogP contribution < -0.4 is 5.32 Å². The molecule has 162 valence electrons. The molecule has 2 aromatic rings. The maximum absolute atomic E-state index is 13.0. The van der Waals surface area contributed by atoms with Gasteiger partial charge in [0.25, 0.3) is 5.91 Å². The Kier molecular flexibility index (Phi) is 6.73. The number of methoxy groups -OCH3 is 1. The number of esters is 1. The van der Waals surface area contributed by atoms with Crippen LogP contribution in [0.15, 0.2) is 42.5 Å². The standard InChI is InChI=1S/C19H14F7NO3/c1-30-17(29)15(6-10-2-4-14(20)5-3-10)27-16(28)11-7-12(18(21,22)23)9-13(8-11)19(24,25)26/h2-5,7-9,15H,6H2,1H3,(H,27,28)/t15-/m0/s1. The molecule has 0 aliphatic rings. The van der Waals surface area contributed by atoms with Gasteiger partial charge in [0.2, 0.25) is 0 Å². The SMILES string of the molecule is COC(=O)[C@H](Cc1ccc(F)cc1)NC(=O)c1cc(C(F)(F)F)cc(C(F)(F)F)c1. The van der Waals surface area contributed by atoms with Crippen molar-refractivity contribution in [2.75, 3.05) is 7.11 Å². The van der Waals surface area contributed by atoms with E-state index in [-0.39, 0.29) is 24.6 Å². The van der Waals surface area contributed by atoms with Crippen molar-refractivity contribution >= 4 is 11.9 Å². The second-order valence-corrected chi connectivity index (χ2v) is 6.17. The first-order chi connectivity index (χ1) is 13.8. The van der Waals surface area contributed by atoms with Crippen molar-refractivity contribution in [3.63, 3.8) is 0 Å². The third-order valence-corrected chi connectivity index (χ3v) is 3.99. The largest absolute Gasteiger partial charge is 0.467 e. The molecule has 2 rings (SSSR count). The van der Waals surface area contributed by atoms with Crippen molar-refractivity contribution in [2.45, 2.75) is 24.8 Å². The Bertz CT molecular complexity index is 889. The molecule has 11 heteroatoms. The number of carbonyl (C=O) groups excluding carboxylic acids is 2. The number of hydrogen-bond donors (Lipinski definition) is 1. The van der Waals surface area contributed by atoms with E-state index >= 15 is 0 Å². The van der Waals surface area contributed by atoms with E-state index < -0.39 is 52.8 Å². The van der Waals surface area contributed by atoms with Crippen molar-refractivity contribution < 1.29 is 45.1 Å².